The molecule has 1 amide bonds. The highest BCUT2D eigenvalue weighted by Crippen LogP contribution is 2.64. The molecule has 0 aromatic carbocycles. The quantitative estimate of drug-likeness (QED) is 0.430. The van der Waals surface area contributed by atoms with Crippen molar-refractivity contribution in [3.63, 3.8) is 0 Å². The van der Waals surface area contributed by atoms with Crippen LogP contribution in [-0.2, 0) is 4.79 Å². The summed E-state index contributed by atoms with van der Waals surface area (Å²) in [6, 6.07) is 0. The van der Waals surface area contributed by atoms with Gasteiger partial charge in [0.25, 0.3) is 5.91 Å². The number of amides is 1. The number of piperazine rings is 1. The van der Waals surface area contributed by atoms with Crippen LogP contribution in [0.2, 0.25) is 0 Å². The van der Waals surface area contributed by atoms with E-state index < -0.39 is 66.6 Å². The number of alkyl halides is 17. The minimum Gasteiger partial charge on any atom is -0.335 e. The molecule has 0 aromatic heterocycles. The molecule has 3 nitrogen and oxygen atoms in total. The van der Waals surface area contributed by atoms with Crippen molar-refractivity contribution in [2.45, 2.75) is 47.6 Å². The predicted molar refractivity (Wildman–Crippen MR) is 74.8 cm³/mol. The van der Waals surface area contributed by atoms with Gasteiger partial charge in [-0.3, -0.25) is 4.79 Å². The molecule has 1 rings (SSSR count). The molecular formula is C14H11F17N2O. The summed E-state index contributed by atoms with van der Waals surface area (Å²) >= 11 is 0. The highest BCUT2D eigenvalue weighted by molar-refractivity contribution is 5.85. The van der Waals surface area contributed by atoms with Crippen LogP contribution in [0.5, 0.6) is 0 Å². The van der Waals surface area contributed by atoms with Gasteiger partial charge < -0.3 is 9.80 Å². The Morgan fingerprint density at radius 2 is 0.794 bits per heavy atom. The van der Waals surface area contributed by atoms with E-state index in [4.69, 9.17) is 0 Å². The Morgan fingerprint density at radius 3 is 1.12 bits per heavy atom. The van der Waals surface area contributed by atoms with Crippen LogP contribution in [0.25, 0.3) is 0 Å². The molecule has 0 N–H and O–H groups in total. The summed E-state index contributed by atoms with van der Waals surface area (Å²) in [5.74, 6) is -61.0. The lowest BCUT2D eigenvalue weighted by Gasteiger charge is -2.43. The Bertz CT molecular complexity index is 767. The fourth-order valence-corrected chi connectivity index (χ4v) is 2.51. The molecule has 0 saturated carbocycles. The molecule has 0 aliphatic carbocycles. The minimum atomic E-state index is -8.71. The van der Waals surface area contributed by atoms with E-state index in [9.17, 15) is 79.4 Å². The first-order valence-electron chi connectivity index (χ1n) is 8.35. The zero-order valence-corrected chi connectivity index (χ0v) is 16.1. The average Bonchev–Trinajstić information content (AvgIpc) is 2.66. The van der Waals surface area contributed by atoms with E-state index >= 15 is 0 Å². The molecule has 1 heterocycles. The van der Waals surface area contributed by atoms with Crippen molar-refractivity contribution in [1.29, 1.82) is 0 Å². The molecule has 20 heteroatoms. The topological polar surface area (TPSA) is 23.6 Å². The number of likely N-dealkylation sites (N-methyl/N-ethyl adjacent to an activating group) is 1. The van der Waals surface area contributed by atoms with Crippen LogP contribution >= 0.6 is 0 Å². The van der Waals surface area contributed by atoms with Gasteiger partial charge in [0.05, 0.1) is 0 Å². The molecule has 0 atom stereocenters. The molecule has 34 heavy (non-hydrogen) atoms. The van der Waals surface area contributed by atoms with Gasteiger partial charge in [0.1, 0.15) is 0 Å². The first-order valence-corrected chi connectivity index (χ1v) is 8.35. The monoisotopic (exact) mass is 546 g/mol. The summed E-state index contributed by atoms with van der Waals surface area (Å²) in [4.78, 5) is 12.6. The van der Waals surface area contributed by atoms with Crippen LogP contribution in [0.3, 0.4) is 0 Å². The molecule has 1 aliphatic rings. The molecule has 0 spiro atoms. The maximum atomic E-state index is 13.9. The van der Waals surface area contributed by atoms with E-state index in [-0.39, 0.29) is 18.0 Å². The number of carbonyl (C=O) groups excluding carboxylic acids is 1. The first-order chi connectivity index (χ1) is 14.7. The van der Waals surface area contributed by atoms with Crippen molar-refractivity contribution >= 4 is 5.91 Å². The average molecular weight is 546 g/mol. The third kappa shape index (κ3) is 3.92. The van der Waals surface area contributed by atoms with Gasteiger partial charge in [0.15, 0.2) is 0 Å². The van der Waals surface area contributed by atoms with Crippen LogP contribution in [0.4, 0.5) is 74.6 Å². The molecule has 202 valence electrons. The Kier molecular flexibility index (Phi) is 7.25. The summed E-state index contributed by atoms with van der Waals surface area (Å²) in [5, 5.41) is 0. The molecular weight excluding hydrogens is 535 g/mol. The van der Waals surface area contributed by atoms with Crippen molar-refractivity contribution < 1.29 is 79.4 Å². The fraction of sp³-hybridized carbons (Fsp3) is 0.929. The third-order valence-electron chi connectivity index (χ3n) is 4.78. The van der Waals surface area contributed by atoms with Gasteiger partial charge in [-0.1, -0.05) is 0 Å². The van der Waals surface area contributed by atoms with Gasteiger partial charge in [-0.2, -0.15) is 74.6 Å². The highest BCUT2D eigenvalue weighted by Gasteiger charge is 2.95. The number of hydrogen-bond donors (Lipinski definition) is 0. The second-order valence-corrected chi connectivity index (χ2v) is 7.11. The van der Waals surface area contributed by atoms with Gasteiger partial charge in [0, 0.05) is 26.2 Å². The summed E-state index contributed by atoms with van der Waals surface area (Å²) in [6.07, 6.45) is -7.81. The lowest BCUT2D eigenvalue weighted by Crippen LogP contribution is -2.75. The Balaban J connectivity index is 3.55. The summed E-state index contributed by atoms with van der Waals surface area (Å²) in [7, 11) is 1.29. The van der Waals surface area contributed by atoms with Gasteiger partial charge >= 0.3 is 47.6 Å². The largest absolute Gasteiger partial charge is 0.460 e. The number of carbonyl (C=O) groups is 1. The fourth-order valence-electron chi connectivity index (χ4n) is 2.51. The molecule has 1 aliphatic heterocycles. The van der Waals surface area contributed by atoms with E-state index in [1.807, 2.05) is 0 Å². The Hall–Kier alpha value is -1.76. The smallest absolute Gasteiger partial charge is 0.335 e. The Labute approximate surface area is 177 Å². The molecule has 0 bridgehead atoms. The van der Waals surface area contributed by atoms with Gasteiger partial charge in [-0.25, -0.2) is 0 Å². The maximum absolute atomic E-state index is 13.9. The molecule has 0 unspecified atom stereocenters. The van der Waals surface area contributed by atoms with Gasteiger partial charge in [-0.15, -0.1) is 0 Å². The SMILES string of the molecule is CN1CCN(C(=O)C(F)(F)C(F)(F)C(F)(F)C(F)(F)C(F)(F)C(F)(F)C(F)(F)C(F)(F)F)CC1. The second-order valence-electron chi connectivity index (χ2n) is 7.11. The molecule has 1 fully saturated rings. The lowest BCUT2D eigenvalue weighted by molar-refractivity contribution is -0.459. The van der Waals surface area contributed by atoms with E-state index in [2.05, 4.69) is 0 Å². The van der Waals surface area contributed by atoms with Crippen LogP contribution in [0.1, 0.15) is 0 Å². The number of halogens is 17. The normalized spacial score (nSPS) is 18.9. The summed E-state index contributed by atoms with van der Waals surface area (Å²) in [6.45, 7) is -2.54. The van der Waals surface area contributed by atoms with Gasteiger partial charge in [0.2, 0.25) is 0 Å². The molecule has 0 radical (unpaired) electrons. The third-order valence-corrected chi connectivity index (χ3v) is 4.78. The van der Waals surface area contributed by atoms with Crippen LogP contribution < -0.4 is 0 Å². The van der Waals surface area contributed by atoms with Crippen molar-refractivity contribution in [1.82, 2.24) is 9.80 Å². The number of hydrogen-bond acceptors (Lipinski definition) is 2. The number of nitrogens with zero attached hydrogens (tertiary/aromatic N) is 2. The second kappa shape index (κ2) is 8.14. The first kappa shape index (κ1) is 30.3. The lowest BCUT2D eigenvalue weighted by atomic mass is 9.88. The predicted octanol–water partition coefficient (Wildman–Crippen LogP) is 4.77. The molecule has 1 saturated heterocycles. The van der Waals surface area contributed by atoms with Crippen molar-refractivity contribution in [2.75, 3.05) is 33.2 Å². The van der Waals surface area contributed by atoms with Gasteiger partial charge in [-0.05, 0) is 7.05 Å². The zero-order valence-electron chi connectivity index (χ0n) is 16.1. The zero-order chi connectivity index (χ0) is 27.6. The van der Waals surface area contributed by atoms with E-state index in [0.717, 1.165) is 0 Å². The highest BCUT2D eigenvalue weighted by atomic mass is 19.4. The minimum absolute atomic E-state index is 0.299. The number of rotatable bonds is 7. The van der Waals surface area contributed by atoms with Crippen molar-refractivity contribution in [3.05, 3.63) is 0 Å². The van der Waals surface area contributed by atoms with Crippen molar-refractivity contribution in [2.24, 2.45) is 0 Å². The van der Waals surface area contributed by atoms with Crippen molar-refractivity contribution in [3.8, 4) is 0 Å². The standard InChI is InChI=1S/C14H11F17N2O/c1-32-2-4-33(5-3-32)6(34)7(15,16)8(17,18)9(19,20)10(21,22)11(23,24)12(25,26)13(27,28)14(29,30)31/h2-5H2,1H3. The van der Waals surface area contributed by atoms with Crippen LogP contribution in [0.15, 0.2) is 0 Å². The van der Waals surface area contributed by atoms with E-state index in [1.165, 1.54) is 11.9 Å². The van der Waals surface area contributed by atoms with Crippen LogP contribution in [0, 0.1) is 0 Å². The summed E-state index contributed by atoms with van der Waals surface area (Å²) < 4.78 is 224. The maximum Gasteiger partial charge on any atom is 0.460 e. The van der Waals surface area contributed by atoms with Crippen LogP contribution in [-0.4, -0.2) is 96.6 Å². The van der Waals surface area contributed by atoms with E-state index in [1.54, 1.807) is 0 Å². The Morgan fingerprint density at radius 1 is 0.500 bits per heavy atom. The molecule has 0 aromatic rings. The van der Waals surface area contributed by atoms with E-state index in [0.29, 0.717) is 0 Å². The summed E-state index contributed by atoms with van der Waals surface area (Å²) in [5.41, 5.74) is 0.